The van der Waals surface area contributed by atoms with Gasteiger partial charge in [-0.15, -0.1) is 0 Å². The molecule has 0 bridgehead atoms. The summed E-state index contributed by atoms with van der Waals surface area (Å²) in [5.74, 6) is 0.568. The number of aromatic nitrogens is 2. The van der Waals surface area contributed by atoms with E-state index in [4.69, 9.17) is 0 Å². The third-order valence-corrected chi connectivity index (χ3v) is 3.30. The third-order valence-electron chi connectivity index (χ3n) is 1.62. The van der Waals surface area contributed by atoms with Crippen LogP contribution < -0.4 is 11.0 Å². The van der Waals surface area contributed by atoms with Gasteiger partial charge in [0.15, 0.2) is 0 Å². The maximum atomic E-state index is 11.0. The molecule has 0 amide bonds. The van der Waals surface area contributed by atoms with Gasteiger partial charge in [0.05, 0.1) is 0 Å². The fourth-order valence-corrected chi connectivity index (χ4v) is 2.31. The molecule has 0 fully saturated rings. The quantitative estimate of drug-likeness (QED) is 0.309. The minimum atomic E-state index is -5.08. The molecule has 0 saturated heterocycles. The second kappa shape index (κ2) is 3.31. The van der Waals surface area contributed by atoms with Crippen molar-refractivity contribution < 1.29 is 14.7 Å². The minimum Gasteiger partial charge on any atom is 2.00 e. The first-order chi connectivity index (χ1) is 5.88. The number of rotatable bonds is 0. The Morgan fingerprint density at radius 2 is 2.00 bits per heavy atom. The largest absolute Gasteiger partial charge is 2.00 e. The van der Waals surface area contributed by atoms with E-state index in [0.717, 1.165) is 6.33 Å². The van der Waals surface area contributed by atoms with E-state index in [1.807, 2.05) is 0 Å². The van der Waals surface area contributed by atoms with Gasteiger partial charge in [0.2, 0.25) is 0 Å². The van der Waals surface area contributed by atoms with Gasteiger partial charge in [-0.25, -0.2) is 0 Å². The predicted octanol–water partition coefficient (Wildman–Crippen LogP) is -2.04. The molecule has 0 saturated carbocycles. The number of fused-ring (bicyclic) bond motifs is 1. The average molecular weight is 243 g/mol. The second-order valence-electron chi connectivity index (χ2n) is 2.69. The van der Waals surface area contributed by atoms with Crippen molar-refractivity contribution in [1.29, 1.82) is 0 Å². The fourth-order valence-electron chi connectivity index (χ4n) is 1.03. The average Bonchev–Trinajstić information content (AvgIpc) is 2.25. The number of aromatic amines is 1. The van der Waals surface area contributed by atoms with Gasteiger partial charge in [0.1, 0.15) is 0 Å². The first kappa shape index (κ1) is 12.2. The van der Waals surface area contributed by atoms with E-state index in [9.17, 15) is 19.5 Å². The Kier molecular flexibility index (Phi) is 2.88. The van der Waals surface area contributed by atoms with Crippen molar-refractivity contribution in [2.24, 2.45) is 4.99 Å². The van der Waals surface area contributed by atoms with Gasteiger partial charge in [-0.2, -0.15) is 0 Å². The number of nitrogens with zero attached hydrogens (tertiary/aromatic N) is 2. The van der Waals surface area contributed by atoms with Crippen LogP contribution in [0.4, 0.5) is 5.69 Å². The number of hydrogen-bond donors (Lipinski definition) is 4. The number of nitrogens with one attached hydrogen (secondary N) is 1. The van der Waals surface area contributed by atoms with Crippen molar-refractivity contribution in [3.05, 3.63) is 16.7 Å². The first-order valence-electron chi connectivity index (χ1n) is 3.29. The molecule has 14 heavy (non-hydrogen) atoms. The number of hydrogen-bond acceptors (Lipinski definition) is 6. The van der Waals surface area contributed by atoms with E-state index < -0.39 is 18.3 Å². The molecule has 2 rings (SSSR count). The molecule has 1 aliphatic rings. The first-order valence-corrected chi connectivity index (χ1v) is 5.45. The minimum absolute atomic E-state index is 0. The zero-order valence-electron chi connectivity index (χ0n) is 6.95. The topological polar surface area (TPSA) is 119 Å². The molecule has 0 atom stereocenters. The van der Waals surface area contributed by atoms with Crippen LogP contribution in [-0.2, 0) is 0 Å². The normalized spacial score (nSPS) is 22.9. The Bertz CT molecular complexity index is 462. The summed E-state index contributed by atoms with van der Waals surface area (Å²) in [5.41, 5.74) is -1.34. The van der Waals surface area contributed by atoms with Crippen LogP contribution in [-0.4, -0.2) is 68.3 Å². The predicted molar refractivity (Wildman–Crippen MR) is 52.0 cm³/mol. The summed E-state index contributed by atoms with van der Waals surface area (Å²) in [7, 11) is -5.08. The van der Waals surface area contributed by atoms with Gasteiger partial charge in [0, 0.05) is 0 Å². The maximum Gasteiger partial charge on any atom is 2.00 e. The zero-order valence-corrected chi connectivity index (χ0v) is 10.1. The van der Waals surface area contributed by atoms with Gasteiger partial charge in [-0.1, -0.05) is 0 Å². The molecule has 7 nitrogen and oxygen atoms in total. The summed E-state index contributed by atoms with van der Waals surface area (Å²) in [6.07, 6.45) is 0.972. The standard InChI is InChI=1S/C5H6N3O4P.Ca/c9-4-3-5(7-1-6-4)13(10,11,12)2-8-3;/h1-2,10-12H,(H,6,7,9);/q;+2. The Morgan fingerprint density at radius 1 is 1.36 bits per heavy atom. The molecule has 0 unspecified atom stereocenters. The number of H-pyrrole nitrogens is 1. The van der Waals surface area contributed by atoms with Gasteiger partial charge in [-0.3, -0.25) is 0 Å². The Balaban J connectivity index is 0.000000980. The molecular formula is C5H6CaN3O4P+2. The van der Waals surface area contributed by atoms with Crippen molar-refractivity contribution >= 4 is 62.1 Å². The van der Waals surface area contributed by atoms with Crippen LogP contribution in [0.15, 0.2) is 16.1 Å². The molecule has 70 valence electrons. The summed E-state index contributed by atoms with van der Waals surface area (Å²) in [5, 5.41) is 0. The van der Waals surface area contributed by atoms with E-state index in [1.165, 1.54) is 0 Å². The number of aliphatic imine (C=N–C) groups is 1. The van der Waals surface area contributed by atoms with Crippen LogP contribution >= 0.6 is 7.28 Å². The molecule has 1 aliphatic heterocycles. The summed E-state index contributed by atoms with van der Waals surface area (Å²) >= 11 is 0. The van der Waals surface area contributed by atoms with Gasteiger partial charge < -0.3 is 0 Å². The Hall–Kier alpha value is 0.120. The van der Waals surface area contributed by atoms with Crippen molar-refractivity contribution in [1.82, 2.24) is 9.97 Å². The van der Waals surface area contributed by atoms with E-state index >= 15 is 0 Å². The third kappa shape index (κ3) is 1.77. The van der Waals surface area contributed by atoms with Crippen molar-refractivity contribution in [2.45, 2.75) is 0 Å². The van der Waals surface area contributed by atoms with Crippen LogP contribution in [0, 0.1) is 0 Å². The Labute approximate surface area is 108 Å². The van der Waals surface area contributed by atoms with Crippen molar-refractivity contribution in [3.8, 4) is 0 Å². The second-order valence-corrected chi connectivity index (χ2v) is 5.43. The molecule has 0 radical (unpaired) electrons. The summed E-state index contributed by atoms with van der Waals surface area (Å²) < 4.78 is 0. The van der Waals surface area contributed by atoms with E-state index in [1.54, 1.807) is 0 Å². The molecule has 1 aromatic heterocycles. The SMILES string of the molecule is O=c1[nH]cnc2c1N=CP2(O)(O)O.[Ca+2]. The molecule has 2 heterocycles. The maximum absolute atomic E-state index is 11.0. The molecule has 0 aromatic carbocycles. The Morgan fingerprint density at radius 3 is 2.57 bits per heavy atom. The molecule has 0 spiro atoms. The van der Waals surface area contributed by atoms with Gasteiger partial charge in [-0.05, 0) is 0 Å². The van der Waals surface area contributed by atoms with Gasteiger partial charge in [0.25, 0.3) is 0 Å². The van der Waals surface area contributed by atoms with Crippen molar-refractivity contribution in [3.63, 3.8) is 0 Å². The van der Waals surface area contributed by atoms with E-state index in [2.05, 4.69) is 15.0 Å². The summed E-state index contributed by atoms with van der Waals surface area (Å²) in [4.78, 5) is 48.0. The van der Waals surface area contributed by atoms with E-state index in [-0.39, 0.29) is 43.4 Å². The fraction of sp³-hybridized carbons (Fsp3) is 0. The molecule has 4 N–H and O–H groups in total. The molecule has 1 aromatic rings. The summed E-state index contributed by atoms with van der Waals surface area (Å²) in [6.45, 7) is 0. The van der Waals surface area contributed by atoms with Crippen LogP contribution in [0.25, 0.3) is 0 Å². The van der Waals surface area contributed by atoms with Crippen LogP contribution in [0.5, 0.6) is 0 Å². The molecule has 9 heteroatoms. The van der Waals surface area contributed by atoms with Crippen molar-refractivity contribution in [2.75, 3.05) is 0 Å². The monoisotopic (exact) mass is 243 g/mol. The summed E-state index contributed by atoms with van der Waals surface area (Å²) in [6, 6.07) is 0. The molecule has 0 aliphatic carbocycles. The van der Waals surface area contributed by atoms with Crippen LogP contribution in [0.2, 0.25) is 0 Å². The van der Waals surface area contributed by atoms with Crippen LogP contribution in [0.3, 0.4) is 0 Å². The van der Waals surface area contributed by atoms with E-state index in [0.29, 0.717) is 5.96 Å². The van der Waals surface area contributed by atoms with Crippen LogP contribution in [0.1, 0.15) is 0 Å². The smallest absolute Gasteiger partial charge is 2.00 e. The zero-order chi connectivity index (χ0) is 9.71. The van der Waals surface area contributed by atoms with Gasteiger partial charge >= 0.3 is 108 Å². The molecular weight excluding hydrogens is 237 g/mol.